The molecule has 2 aliphatic rings. The molecule has 0 bridgehead atoms. The summed E-state index contributed by atoms with van der Waals surface area (Å²) in [6, 6.07) is 3.51. The van der Waals surface area contributed by atoms with E-state index in [0.717, 1.165) is 31.5 Å². The van der Waals surface area contributed by atoms with Gasteiger partial charge in [0.15, 0.2) is 5.75 Å². The average molecular weight is 250 g/mol. The first-order valence-corrected chi connectivity index (χ1v) is 6.04. The van der Waals surface area contributed by atoms with Crippen molar-refractivity contribution in [1.29, 1.82) is 0 Å². The summed E-state index contributed by atoms with van der Waals surface area (Å²) in [6.07, 6.45) is 1.99. The van der Waals surface area contributed by atoms with E-state index in [1.54, 1.807) is 6.07 Å². The Hall–Kier alpha value is -1.82. The van der Waals surface area contributed by atoms with Crippen LogP contribution in [0.15, 0.2) is 12.1 Å². The molecule has 0 spiro atoms. The van der Waals surface area contributed by atoms with E-state index in [-0.39, 0.29) is 18.2 Å². The summed E-state index contributed by atoms with van der Waals surface area (Å²) < 4.78 is 10.4. The second kappa shape index (κ2) is 4.45. The van der Waals surface area contributed by atoms with Crippen molar-refractivity contribution >= 4 is 5.69 Å². The van der Waals surface area contributed by atoms with Crippen molar-refractivity contribution < 1.29 is 14.4 Å². The Labute approximate surface area is 104 Å². The fraction of sp³-hybridized carbons (Fsp3) is 0.500. The third-order valence-corrected chi connectivity index (χ3v) is 3.48. The van der Waals surface area contributed by atoms with Crippen LogP contribution in [0.4, 0.5) is 5.69 Å². The van der Waals surface area contributed by atoms with Gasteiger partial charge in [-0.2, -0.15) is 0 Å². The number of hydrogen-bond acceptors (Lipinski definition) is 5. The molecule has 1 N–H and O–H groups in total. The molecule has 2 aliphatic heterocycles. The summed E-state index contributed by atoms with van der Waals surface area (Å²) in [7, 11) is 0. The number of nitrogens with one attached hydrogen (secondary N) is 1. The van der Waals surface area contributed by atoms with Gasteiger partial charge in [-0.1, -0.05) is 0 Å². The van der Waals surface area contributed by atoms with Crippen LogP contribution in [-0.2, 0) is 0 Å². The fourth-order valence-electron chi connectivity index (χ4n) is 2.54. The van der Waals surface area contributed by atoms with E-state index in [4.69, 9.17) is 9.47 Å². The van der Waals surface area contributed by atoms with Crippen molar-refractivity contribution in [2.45, 2.75) is 18.8 Å². The molecule has 1 aromatic rings. The highest BCUT2D eigenvalue weighted by Gasteiger charge is 2.29. The smallest absolute Gasteiger partial charge is 0.315 e. The van der Waals surface area contributed by atoms with Gasteiger partial charge < -0.3 is 14.8 Å². The molecule has 0 aromatic heterocycles. The van der Waals surface area contributed by atoms with Gasteiger partial charge in [0, 0.05) is 6.07 Å². The molecule has 0 amide bonds. The van der Waals surface area contributed by atoms with Gasteiger partial charge in [0.2, 0.25) is 12.5 Å². The maximum Gasteiger partial charge on any atom is 0.315 e. The SMILES string of the molecule is O=[N+]([O-])c1cc(C2CCNCC2)cc2c1OCO2. The number of nitro groups is 1. The summed E-state index contributed by atoms with van der Waals surface area (Å²) in [5.74, 6) is 1.12. The van der Waals surface area contributed by atoms with Crippen LogP contribution in [0, 0.1) is 10.1 Å². The van der Waals surface area contributed by atoms with E-state index in [1.807, 2.05) is 6.07 Å². The van der Waals surface area contributed by atoms with Gasteiger partial charge in [-0.05, 0) is 43.5 Å². The monoisotopic (exact) mass is 250 g/mol. The normalized spacial score (nSPS) is 18.9. The minimum atomic E-state index is -0.405. The van der Waals surface area contributed by atoms with Gasteiger partial charge in [0.1, 0.15) is 0 Å². The number of rotatable bonds is 2. The predicted octanol–water partition coefficient (Wildman–Crippen LogP) is 1.79. The van der Waals surface area contributed by atoms with Crippen LogP contribution in [0.3, 0.4) is 0 Å². The number of piperidine rings is 1. The highest BCUT2D eigenvalue weighted by Crippen LogP contribution is 2.44. The molecule has 0 atom stereocenters. The molecular weight excluding hydrogens is 236 g/mol. The van der Waals surface area contributed by atoms with Crippen molar-refractivity contribution in [3.8, 4) is 11.5 Å². The summed E-state index contributed by atoms with van der Waals surface area (Å²) in [6.45, 7) is 1.96. The first-order valence-electron chi connectivity index (χ1n) is 6.04. The molecular formula is C12H14N2O4. The Morgan fingerprint density at radius 3 is 2.78 bits per heavy atom. The number of fused-ring (bicyclic) bond motifs is 1. The molecule has 2 heterocycles. The van der Waals surface area contributed by atoms with Gasteiger partial charge in [-0.15, -0.1) is 0 Å². The molecule has 0 unspecified atom stereocenters. The van der Waals surface area contributed by atoms with E-state index >= 15 is 0 Å². The van der Waals surface area contributed by atoms with Gasteiger partial charge >= 0.3 is 5.69 Å². The van der Waals surface area contributed by atoms with Crippen molar-refractivity contribution in [2.24, 2.45) is 0 Å². The first kappa shape index (κ1) is 11.3. The van der Waals surface area contributed by atoms with E-state index in [2.05, 4.69) is 5.32 Å². The van der Waals surface area contributed by atoms with Gasteiger partial charge in [0.05, 0.1) is 4.92 Å². The quantitative estimate of drug-likeness (QED) is 0.640. The largest absolute Gasteiger partial charge is 0.453 e. The minimum absolute atomic E-state index is 0.0125. The number of nitro benzene ring substituents is 1. The van der Waals surface area contributed by atoms with E-state index in [0.29, 0.717) is 11.7 Å². The van der Waals surface area contributed by atoms with E-state index < -0.39 is 4.92 Å². The lowest BCUT2D eigenvalue weighted by Gasteiger charge is -2.22. The third-order valence-electron chi connectivity index (χ3n) is 3.48. The fourth-order valence-corrected chi connectivity index (χ4v) is 2.54. The molecule has 1 aromatic carbocycles. The second-order valence-electron chi connectivity index (χ2n) is 4.56. The summed E-state index contributed by atoms with van der Waals surface area (Å²) in [4.78, 5) is 10.6. The van der Waals surface area contributed by atoms with Gasteiger partial charge in [-0.25, -0.2) is 0 Å². The maximum absolute atomic E-state index is 11.1. The Balaban J connectivity index is 2.00. The van der Waals surface area contributed by atoms with Gasteiger partial charge in [-0.3, -0.25) is 10.1 Å². The third kappa shape index (κ3) is 1.88. The van der Waals surface area contributed by atoms with Crippen LogP contribution >= 0.6 is 0 Å². The summed E-state index contributed by atoms with van der Waals surface area (Å²) in [5.41, 5.74) is 0.992. The number of benzene rings is 1. The lowest BCUT2D eigenvalue weighted by molar-refractivity contribution is -0.385. The highest BCUT2D eigenvalue weighted by atomic mass is 16.7. The topological polar surface area (TPSA) is 73.6 Å². The van der Waals surface area contributed by atoms with Crippen molar-refractivity contribution in [3.63, 3.8) is 0 Å². The van der Waals surface area contributed by atoms with Crippen molar-refractivity contribution in [2.75, 3.05) is 19.9 Å². The predicted molar refractivity (Wildman–Crippen MR) is 64.1 cm³/mol. The minimum Gasteiger partial charge on any atom is -0.453 e. The molecule has 1 fully saturated rings. The Bertz CT molecular complexity index is 483. The Kier molecular flexibility index (Phi) is 2.79. The summed E-state index contributed by atoms with van der Waals surface area (Å²) in [5, 5.41) is 14.3. The van der Waals surface area contributed by atoms with Crippen LogP contribution < -0.4 is 14.8 Å². The second-order valence-corrected chi connectivity index (χ2v) is 4.56. The zero-order chi connectivity index (χ0) is 12.5. The lowest BCUT2D eigenvalue weighted by atomic mass is 9.89. The average Bonchev–Trinajstić information content (AvgIpc) is 2.86. The van der Waals surface area contributed by atoms with E-state index in [1.165, 1.54) is 0 Å². The first-order chi connectivity index (χ1) is 8.75. The molecule has 18 heavy (non-hydrogen) atoms. The molecule has 96 valence electrons. The lowest BCUT2D eigenvalue weighted by Crippen LogP contribution is -2.26. The molecule has 1 saturated heterocycles. The molecule has 0 radical (unpaired) electrons. The molecule has 0 aliphatic carbocycles. The van der Waals surface area contributed by atoms with Crippen LogP contribution in [0.5, 0.6) is 11.5 Å². The van der Waals surface area contributed by atoms with E-state index in [9.17, 15) is 10.1 Å². The molecule has 6 heteroatoms. The van der Waals surface area contributed by atoms with Crippen molar-refractivity contribution in [3.05, 3.63) is 27.8 Å². The van der Waals surface area contributed by atoms with Crippen LogP contribution in [-0.4, -0.2) is 24.8 Å². The van der Waals surface area contributed by atoms with Crippen molar-refractivity contribution in [1.82, 2.24) is 5.32 Å². The zero-order valence-corrected chi connectivity index (χ0v) is 9.85. The molecule has 6 nitrogen and oxygen atoms in total. The Morgan fingerprint density at radius 2 is 2.06 bits per heavy atom. The van der Waals surface area contributed by atoms with Crippen LogP contribution in [0.25, 0.3) is 0 Å². The Morgan fingerprint density at radius 1 is 1.28 bits per heavy atom. The number of hydrogen-bond donors (Lipinski definition) is 1. The standard InChI is InChI=1S/C12H14N2O4/c15-14(16)10-5-9(8-1-3-13-4-2-8)6-11-12(10)18-7-17-11/h5-6,8,13H,1-4,7H2. The number of nitrogens with zero attached hydrogens (tertiary/aromatic N) is 1. The maximum atomic E-state index is 11.1. The highest BCUT2D eigenvalue weighted by molar-refractivity contribution is 5.59. The van der Waals surface area contributed by atoms with Crippen LogP contribution in [0.2, 0.25) is 0 Å². The van der Waals surface area contributed by atoms with Crippen LogP contribution in [0.1, 0.15) is 24.3 Å². The summed E-state index contributed by atoms with van der Waals surface area (Å²) >= 11 is 0. The molecule has 3 rings (SSSR count). The zero-order valence-electron chi connectivity index (χ0n) is 9.85. The number of ether oxygens (including phenoxy) is 2. The molecule has 0 saturated carbocycles. The van der Waals surface area contributed by atoms with Gasteiger partial charge in [0.25, 0.3) is 0 Å².